The van der Waals surface area contributed by atoms with E-state index in [9.17, 15) is 0 Å². The summed E-state index contributed by atoms with van der Waals surface area (Å²) in [4.78, 5) is 4.37. The number of hydrogen-bond donors (Lipinski definition) is 2. The maximum absolute atomic E-state index is 5.35. The van der Waals surface area contributed by atoms with E-state index in [-0.39, 0.29) is 0 Å². The highest BCUT2D eigenvalue weighted by Gasteiger charge is 2.14. The minimum absolute atomic E-state index is 0.474. The lowest BCUT2D eigenvalue weighted by atomic mass is 10.1. The van der Waals surface area contributed by atoms with E-state index >= 15 is 0 Å². The van der Waals surface area contributed by atoms with Crippen LogP contribution in [0, 0.1) is 0 Å². The molecule has 84 valence electrons. The number of pyridine rings is 1. The van der Waals surface area contributed by atoms with Crippen LogP contribution in [0.2, 0.25) is 0 Å². The molecule has 2 aromatic rings. The highest BCUT2D eigenvalue weighted by molar-refractivity contribution is 5.87. The van der Waals surface area contributed by atoms with Crippen LogP contribution in [0.4, 0.5) is 5.82 Å². The van der Waals surface area contributed by atoms with Gasteiger partial charge in [-0.1, -0.05) is 0 Å². The van der Waals surface area contributed by atoms with Crippen molar-refractivity contribution in [2.75, 3.05) is 18.4 Å². The van der Waals surface area contributed by atoms with Crippen molar-refractivity contribution in [2.24, 2.45) is 0 Å². The zero-order valence-electron chi connectivity index (χ0n) is 9.07. The molecule has 3 rings (SSSR count). The third kappa shape index (κ3) is 1.76. The number of fused-ring (bicyclic) bond motifs is 1. The van der Waals surface area contributed by atoms with E-state index in [2.05, 4.69) is 15.6 Å². The standard InChI is InChI=1S/C12H15N3O/c1-2-9(8-13-5-1)15-12-10-4-7-16-11(10)3-6-14-12/h3-4,6-7,9,13H,1-2,5,8H2,(H,14,15)/t9-/m0/s1. The molecule has 1 fully saturated rings. The molecule has 1 saturated heterocycles. The van der Waals surface area contributed by atoms with Crippen molar-refractivity contribution < 1.29 is 4.42 Å². The van der Waals surface area contributed by atoms with E-state index in [0.29, 0.717) is 6.04 Å². The molecule has 0 aromatic carbocycles. The summed E-state index contributed by atoms with van der Waals surface area (Å²) in [7, 11) is 0. The second-order valence-electron chi connectivity index (χ2n) is 4.18. The molecule has 1 aliphatic heterocycles. The first-order chi connectivity index (χ1) is 7.93. The summed E-state index contributed by atoms with van der Waals surface area (Å²) in [6.45, 7) is 2.14. The van der Waals surface area contributed by atoms with Crippen LogP contribution in [0.15, 0.2) is 29.0 Å². The van der Waals surface area contributed by atoms with Gasteiger partial charge < -0.3 is 15.1 Å². The number of furan rings is 1. The number of aromatic nitrogens is 1. The molecule has 16 heavy (non-hydrogen) atoms. The van der Waals surface area contributed by atoms with Crippen LogP contribution < -0.4 is 10.6 Å². The van der Waals surface area contributed by atoms with E-state index in [0.717, 1.165) is 29.9 Å². The topological polar surface area (TPSA) is 50.1 Å². The number of rotatable bonds is 2. The summed E-state index contributed by atoms with van der Waals surface area (Å²) >= 11 is 0. The summed E-state index contributed by atoms with van der Waals surface area (Å²) in [5, 5.41) is 7.92. The Kier molecular flexibility index (Phi) is 2.50. The molecule has 0 saturated carbocycles. The van der Waals surface area contributed by atoms with Crippen LogP contribution in [0.5, 0.6) is 0 Å². The Morgan fingerprint density at radius 3 is 3.31 bits per heavy atom. The normalized spacial score (nSPS) is 21.1. The van der Waals surface area contributed by atoms with Crippen LogP contribution in [0.1, 0.15) is 12.8 Å². The zero-order valence-corrected chi connectivity index (χ0v) is 9.07. The van der Waals surface area contributed by atoms with Crippen LogP contribution in [0.3, 0.4) is 0 Å². The van der Waals surface area contributed by atoms with Crippen molar-refractivity contribution in [3.63, 3.8) is 0 Å². The number of anilines is 1. The summed E-state index contributed by atoms with van der Waals surface area (Å²) < 4.78 is 5.35. The zero-order chi connectivity index (χ0) is 10.8. The first kappa shape index (κ1) is 9.66. The second kappa shape index (κ2) is 4.14. The molecule has 0 unspecified atom stereocenters. The molecule has 0 spiro atoms. The molecular formula is C12H15N3O. The quantitative estimate of drug-likeness (QED) is 0.807. The van der Waals surface area contributed by atoms with E-state index in [1.54, 1.807) is 12.5 Å². The summed E-state index contributed by atoms with van der Waals surface area (Å²) in [6.07, 6.45) is 5.91. The molecule has 1 atom stereocenters. The average molecular weight is 217 g/mol. The van der Waals surface area contributed by atoms with E-state index in [1.807, 2.05) is 12.1 Å². The van der Waals surface area contributed by atoms with Gasteiger partial charge in [-0.05, 0) is 31.5 Å². The number of hydrogen-bond acceptors (Lipinski definition) is 4. The van der Waals surface area contributed by atoms with Gasteiger partial charge in [0, 0.05) is 18.8 Å². The molecule has 0 bridgehead atoms. The average Bonchev–Trinajstić information content (AvgIpc) is 2.80. The molecular weight excluding hydrogens is 202 g/mol. The van der Waals surface area contributed by atoms with Crippen molar-refractivity contribution in [3.8, 4) is 0 Å². The highest BCUT2D eigenvalue weighted by Crippen LogP contribution is 2.23. The number of nitrogens with zero attached hydrogens (tertiary/aromatic N) is 1. The Morgan fingerprint density at radius 2 is 2.44 bits per heavy atom. The van der Waals surface area contributed by atoms with Gasteiger partial charge in [-0.25, -0.2) is 4.98 Å². The van der Waals surface area contributed by atoms with Gasteiger partial charge in [-0.15, -0.1) is 0 Å². The van der Waals surface area contributed by atoms with Crippen molar-refractivity contribution >= 4 is 16.8 Å². The predicted molar refractivity (Wildman–Crippen MR) is 63.5 cm³/mol. The minimum Gasteiger partial charge on any atom is -0.464 e. The fourth-order valence-electron chi connectivity index (χ4n) is 2.18. The fourth-order valence-corrected chi connectivity index (χ4v) is 2.18. The second-order valence-corrected chi connectivity index (χ2v) is 4.18. The van der Waals surface area contributed by atoms with Gasteiger partial charge in [0.2, 0.25) is 0 Å². The lowest BCUT2D eigenvalue weighted by molar-refractivity contribution is 0.479. The molecule has 4 heteroatoms. The Labute approximate surface area is 94.0 Å². The summed E-state index contributed by atoms with van der Waals surface area (Å²) in [5.74, 6) is 0.931. The number of piperidine rings is 1. The molecule has 4 nitrogen and oxygen atoms in total. The van der Waals surface area contributed by atoms with Crippen LogP contribution in [-0.2, 0) is 0 Å². The first-order valence-electron chi connectivity index (χ1n) is 5.73. The van der Waals surface area contributed by atoms with Crippen molar-refractivity contribution in [1.29, 1.82) is 0 Å². The Balaban J connectivity index is 1.85. The molecule has 2 N–H and O–H groups in total. The molecule has 0 radical (unpaired) electrons. The van der Waals surface area contributed by atoms with Gasteiger partial charge in [-0.3, -0.25) is 0 Å². The van der Waals surface area contributed by atoms with Crippen LogP contribution in [0.25, 0.3) is 11.0 Å². The lowest BCUT2D eigenvalue weighted by Gasteiger charge is -2.24. The van der Waals surface area contributed by atoms with Gasteiger partial charge in [0.15, 0.2) is 0 Å². The summed E-state index contributed by atoms with van der Waals surface area (Å²) in [6, 6.07) is 4.32. The molecule has 2 aromatic heterocycles. The van der Waals surface area contributed by atoms with E-state index in [1.165, 1.54) is 12.8 Å². The van der Waals surface area contributed by atoms with Crippen molar-refractivity contribution in [2.45, 2.75) is 18.9 Å². The van der Waals surface area contributed by atoms with Gasteiger partial charge in [0.1, 0.15) is 11.4 Å². The largest absolute Gasteiger partial charge is 0.464 e. The van der Waals surface area contributed by atoms with E-state index < -0.39 is 0 Å². The van der Waals surface area contributed by atoms with Crippen LogP contribution >= 0.6 is 0 Å². The van der Waals surface area contributed by atoms with E-state index in [4.69, 9.17) is 4.42 Å². The first-order valence-corrected chi connectivity index (χ1v) is 5.73. The van der Waals surface area contributed by atoms with Crippen LogP contribution in [-0.4, -0.2) is 24.1 Å². The molecule has 3 heterocycles. The SMILES string of the molecule is c1cc2occc2c(N[C@H]2CCCNC2)n1. The summed E-state index contributed by atoms with van der Waals surface area (Å²) in [5.41, 5.74) is 0.890. The molecule has 1 aliphatic rings. The van der Waals surface area contributed by atoms with Gasteiger partial charge in [0.05, 0.1) is 11.6 Å². The highest BCUT2D eigenvalue weighted by atomic mass is 16.3. The third-order valence-corrected chi connectivity index (χ3v) is 3.02. The smallest absolute Gasteiger partial charge is 0.139 e. The van der Waals surface area contributed by atoms with Gasteiger partial charge in [0.25, 0.3) is 0 Å². The Bertz CT molecular complexity index is 474. The van der Waals surface area contributed by atoms with Gasteiger partial charge >= 0.3 is 0 Å². The fraction of sp³-hybridized carbons (Fsp3) is 0.417. The Morgan fingerprint density at radius 1 is 1.44 bits per heavy atom. The van der Waals surface area contributed by atoms with Crippen molar-refractivity contribution in [1.82, 2.24) is 10.3 Å². The van der Waals surface area contributed by atoms with Gasteiger partial charge in [-0.2, -0.15) is 0 Å². The molecule has 0 amide bonds. The molecule has 0 aliphatic carbocycles. The number of nitrogens with one attached hydrogen (secondary N) is 2. The maximum atomic E-state index is 5.35. The predicted octanol–water partition coefficient (Wildman–Crippen LogP) is 1.99. The third-order valence-electron chi connectivity index (χ3n) is 3.02. The minimum atomic E-state index is 0.474. The van der Waals surface area contributed by atoms with Crippen molar-refractivity contribution in [3.05, 3.63) is 24.6 Å². The Hall–Kier alpha value is -1.55. The maximum Gasteiger partial charge on any atom is 0.139 e. The lowest BCUT2D eigenvalue weighted by Crippen LogP contribution is -2.38. The monoisotopic (exact) mass is 217 g/mol.